The number of hydrogen-bond acceptors (Lipinski definition) is 3. The Morgan fingerprint density at radius 3 is 2.67 bits per heavy atom. The minimum Gasteiger partial charge on any atom is -0.506 e. The van der Waals surface area contributed by atoms with E-state index in [1.807, 2.05) is 0 Å². The number of aromatic hydroxyl groups is 1. The fourth-order valence-corrected chi connectivity index (χ4v) is 2.34. The first kappa shape index (κ1) is 12.3. The molecule has 6 heteroatoms. The van der Waals surface area contributed by atoms with E-state index < -0.39 is 6.49 Å². The van der Waals surface area contributed by atoms with Gasteiger partial charge in [0.05, 0.1) is 11.9 Å². The fraction of sp³-hybridized carbons (Fsp3) is 0.222. The number of aryl methyl sites for hydroxylation is 1. The topological polar surface area (TPSA) is 73.6 Å². The van der Waals surface area contributed by atoms with Gasteiger partial charge in [-0.2, -0.15) is 0 Å². The Morgan fingerprint density at radius 1 is 1.60 bits per heavy atom. The van der Waals surface area contributed by atoms with Crippen molar-refractivity contribution in [3.05, 3.63) is 29.6 Å². The van der Waals surface area contributed by atoms with Crippen LogP contribution in [0.3, 0.4) is 0 Å². The molecular formula is C9H12NO3PS. The molecule has 0 bridgehead atoms. The van der Waals surface area contributed by atoms with E-state index in [1.54, 1.807) is 6.92 Å². The highest BCUT2D eigenvalue weighted by molar-refractivity contribution is 8.08. The zero-order valence-electron chi connectivity index (χ0n) is 8.21. The van der Waals surface area contributed by atoms with E-state index in [0.717, 1.165) is 0 Å². The lowest BCUT2D eigenvalue weighted by Gasteiger charge is -2.13. The van der Waals surface area contributed by atoms with Crippen LogP contribution in [0.1, 0.15) is 16.8 Å². The van der Waals surface area contributed by atoms with Crippen molar-refractivity contribution in [2.75, 3.05) is 0 Å². The van der Waals surface area contributed by atoms with E-state index in [1.165, 1.54) is 12.3 Å². The lowest BCUT2D eigenvalue weighted by molar-refractivity contribution is 0.454. The van der Waals surface area contributed by atoms with Gasteiger partial charge in [-0.05, 0) is 24.3 Å². The van der Waals surface area contributed by atoms with Crippen molar-refractivity contribution in [2.45, 2.75) is 13.1 Å². The monoisotopic (exact) mass is 245 g/mol. The van der Waals surface area contributed by atoms with Crippen LogP contribution in [0.2, 0.25) is 0 Å². The van der Waals surface area contributed by atoms with Crippen LogP contribution < -0.4 is 0 Å². The van der Waals surface area contributed by atoms with Gasteiger partial charge in [-0.1, -0.05) is 12.7 Å². The normalized spacial score (nSPS) is 11.4. The smallest absolute Gasteiger partial charge is 0.188 e. The average molecular weight is 245 g/mol. The van der Waals surface area contributed by atoms with E-state index in [-0.39, 0.29) is 11.9 Å². The molecule has 0 aliphatic carbocycles. The number of nitrogens with zero attached hydrogens (tertiary/aromatic N) is 1. The van der Waals surface area contributed by atoms with Gasteiger partial charge in [0, 0.05) is 11.8 Å². The summed E-state index contributed by atoms with van der Waals surface area (Å²) in [6, 6.07) is 0. The highest BCUT2D eigenvalue weighted by Crippen LogP contribution is 2.43. The Balaban J connectivity index is 3.30. The van der Waals surface area contributed by atoms with Gasteiger partial charge < -0.3 is 14.9 Å². The summed E-state index contributed by atoms with van der Waals surface area (Å²) in [5.74, 6) is -0.0512. The van der Waals surface area contributed by atoms with Gasteiger partial charge in [-0.3, -0.25) is 4.98 Å². The summed E-state index contributed by atoms with van der Waals surface area (Å²) < 4.78 is 0. The van der Waals surface area contributed by atoms with Gasteiger partial charge in [-0.25, -0.2) is 0 Å². The van der Waals surface area contributed by atoms with Crippen LogP contribution in [0, 0.1) is 6.92 Å². The van der Waals surface area contributed by atoms with E-state index in [0.29, 0.717) is 16.8 Å². The summed E-state index contributed by atoms with van der Waals surface area (Å²) in [6.07, 6.45) is 2.87. The summed E-state index contributed by atoms with van der Waals surface area (Å²) in [5.41, 5.74) is 1.39. The SMILES string of the molecule is C=Cc1cnc(C)c(O)c1CP(O)(O)=S. The lowest BCUT2D eigenvalue weighted by atomic mass is 10.1. The van der Waals surface area contributed by atoms with Crippen molar-refractivity contribution in [2.24, 2.45) is 0 Å². The zero-order valence-corrected chi connectivity index (χ0v) is 9.92. The molecule has 4 nitrogen and oxygen atoms in total. The Kier molecular flexibility index (Phi) is 3.62. The molecule has 0 saturated heterocycles. The lowest BCUT2D eigenvalue weighted by Crippen LogP contribution is -1.95. The Labute approximate surface area is 93.1 Å². The minimum absolute atomic E-state index is 0.0512. The predicted molar refractivity (Wildman–Crippen MR) is 63.2 cm³/mol. The van der Waals surface area contributed by atoms with Crippen LogP contribution in [0.5, 0.6) is 5.75 Å². The maximum Gasteiger partial charge on any atom is 0.188 e. The van der Waals surface area contributed by atoms with Crippen molar-refractivity contribution < 1.29 is 14.9 Å². The summed E-state index contributed by atoms with van der Waals surface area (Å²) in [6.45, 7) is 1.81. The Bertz CT molecular complexity index is 441. The van der Waals surface area contributed by atoms with Crippen molar-refractivity contribution in [1.29, 1.82) is 0 Å². The fourth-order valence-electron chi connectivity index (χ4n) is 1.21. The molecule has 0 unspecified atom stereocenters. The van der Waals surface area contributed by atoms with Crippen LogP contribution in [0.4, 0.5) is 0 Å². The first-order valence-electron chi connectivity index (χ1n) is 4.19. The Hall–Kier alpha value is -0.740. The predicted octanol–water partition coefficient (Wildman–Crippen LogP) is 1.53. The quantitative estimate of drug-likeness (QED) is 0.704. The minimum atomic E-state index is -3.38. The van der Waals surface area contributed by atoms with Gasteiger partial charge in [0.2, 0.25) is 0 Å². The molecular weight excluding hydrogens is 233 g/mol. The molecule has 0 aliphatic rings. The second-order valence-corrected chi connectivity index (χ2v) is 6.55. The molecule has 0 spiro atoms. The molecule has 1 aromatic heterocycles. The number of rotatable bonds is 3. The van der Waals surface area contributed by atoms with Crippen molar-refractivity contribution in [1.82, 2.24) is 4.98 Å². The van der Waals surface area contributed by atoms with E-state index >= 15 is 0 Å². The average Bonchev–Trinajstić information content (AvgIpc) is 2.11. The molecule has 0 aromatic carbocycles. The van der Waals surface area contributed by atoms with Crippen LogP contribution in [0.15, 0.2) is 12.8 Å². The maximum absolute atomic E-state index is 9.71. The maximum atomic E-state index is 9.71. The van der Waals surface area contributed by atoms with Gasteiger partial charge in [0.25, 0.3) is 0 Å². The largest absolute Gasteiger partial charge is 0.506 e. The van der Waals surface area contributed by atoms with Crippen molar-refractivity contribution in [3.63, 3.8) is 0 Å². The number of aromatic nitrogens is 1. The van der Waals surface area contributed by atoms with Crippen molar-refractivity contribution in [3.8, 4) is 5.75 Å². The van der Waals surface area contributed by atoms with Crippen LogP contribution >= 0.6 is 6.49 Å². The Morgan fingerprint density at radius 2 is 2.20 bits per heavy atom. The third-order valence-corrected chi connectivity index (χ3v) is 3.07. The van der Waals surface area contributed by atoms with Gasteiger partial charge >= 0.3 is 0 Å². The van der Waals surface area contributed by atoms with Gasteiger partial charge in [0.1, 0.15) is 5.75 Å². The number of hydrogen-bond donors (Lipinski definition) is 3. The van der Waals surface area contributed by atoms with E-state index in [9.17, 15) is 14.9 Å². The van der Waals surface area contributed by atoms with E-state index in [2.05, 4.69) is 23.4 Å². The van der Waals surface area contributed by atoms with Gasteiger partial charge in [-0.15, -0.1) is 0 Å². The second-order valence-electron chi connectivity index (χ2n) is 3.15. The summed E-state index contributed by atoms with van der Waals surface area (Å²) in [7, 11) is 0. The molecule has 15 heavy (non-hydrogen) atoms. The molecule has 0 amide bonds. The zero-order chi connectivity index (χ0) is 11.6. The molecule has 0 aliphatic heterocycles. The summed E-state index contributed by atoms with van der Waals surface area (Å²) in [5, 5.41) is 9.71. The number of pyridine rings is 1. The highest BCUT2D eigenvalue weighted by Gasteiger charge is 2.17. The molecule has 82 valence electrons. The standard InChI is InChI=1S/C9H12NO3PS/c1-3-7-4-10-6(2)9(11)8(7)5-14(12,13)15/h3-4,11H,1,5H2,2H3,(H2,12,13,15). The van der Waals surface area contributed by atoms with Crippen LogP contribution in [0.25, 0.3) is 6.08 Å². The third-order valence-electron chi connectivity index (χ3n) is 1.96. The molecule has 0 atom stereocenters. The third kappa shape index (κ3) is 3.11. The summed E-state index contributed by atoms with van der Waals surface area (Å²) >= 11 is 4.53. The molecule has 0 saturated carbocycles. The molecule has 1 heterocycles. The first-order valence-corrected chi connectivity index (χ1v) is 7.09. The van der Waals surface area contributed by atoms with E-state index in [4.69, 9.17) is 0 Å². The first-order chi connectivity index (χ1) is 6.85. The summed E-state index contributed by atoms with van der Waals surface area (Å²) in [4.78, 5) is 22.4. The highest BCUT2D eigenvalue weighted by atomic mass is 32.5. The van der Waals surface area contributed by atoms with Crippen LogP contribution in [-0.4, -0.2) is 19.9 Å². The molecule has 1 rings (SSSR count). The molecule has 0 radical (unpaired) electrons. The molecule has 1 aromatic rings. The molecule has 3 N–H and O–H groups in total. The van der Waals surface area contributed by atoms with Gasteiger partial charge in [0.15, 0.2) is 6.49 Å². The molecule has 0 fully saturated rings. The van der Waals surface area contributed by atoms with Crippen molar-refractivity contribution >= 4 is 24.4 Å². The van der Waals surface area contributed by atoms with Crippen LogP contribution in [-0.2, 0) is 18.0 Å². The second kappa shape index (κ2) is 4.41.